The monoisotopic (exact) mass is 352 g/mol. The summed E-state index contributed by atoms with van der Waals surface area (Å²) in [6.45, 7) is 8.63. The van der Waals surface area contributed by atoms with Gasteiger partial charge in [0, 0.05) is 5.82 Å². The quantitative estimate of drug-likeness (QED) is 0.766. The summed E-state index contributed by atoms with van der Waals surface area (Å²) in [5.41, 5.74) is 1.67. The van der Waals surface area contributed by atoms with Gasteiger partial charge < -0.3 is 18.8 Å². The van der Waals surface area contributed by atoms with Gasteiger partial charge in [-0.25, -0.2) is 0 Å². The molecule has 0 radical (unpaired) electrons. The van der Waals surface area contributed by atoms with Gasteiger partial charge >= 0.3 is 7.12 Å². The minimum absolute atomic E-state index is 0.0629. The van der Waals surface area contributed by atoms with Gasteiger partial charge in [0.2, 0.25) is 6.79 Å². The maximum atomic E-state index is 6.38. The van der Waals surface area contributed by atoms with Crippen LogP contribution in [0.3, 0.4) is 0 Å². The maximum Gasteiger partial charge on any atom is 0.466 e. The Balaban J connectivity index is 1.68. The molecule has 2 aliphatic heterocycles. The fourth-order valence-corrected chi connectivity index (χ4v) is 3.44. The van der Waals surface area contributed by atoms with Crippen molar-refractivity contribution in [1.82, 2.24) is 0 Å². The molecule has 0 aliphatic carbocycles. The lowest BCUT2D eigenvalue weighted by Crippen LogP contribution is -2.41. The molecule has 0 aromatic heterocycles. The summed E-state index contributed by atoms with van der Waals surface area (Å²) in [4.78, 5) is 0. The molecule has 0 saturated carbocycles. The van der Waals surface area contributed by atoms with Crippen molar-refractivity contribution in [1.29, 1.82) is 0 Å². The summed E-state index contributed by atoms with van der Waals surface area (Å²) >= 11 is 0. The van der Waals surface area contributed by atoms with Crippen LogP contribution >= 0.6 is 0 Å². The summed E-state index contributed by atoms with van der Waals surface area (Å²) in [6, 6.07) is 16.6. The van der Waals surface area contributed by atoms with Gasteiger partial charge in [0.1, 0.15) is 0 Å². The predicted octanol–water partition coefficient (Wildman–Crippen LogP) is 4.37. The predicted molar refractivity (Wildman–Crippen MR) is 102 cm³/mol. The molecular formula is C21H25BO4. The van der Waals surface area contributed by atoms with Crippen molar-refractivity contribution < 1.29 is 18.8 Å². The standard InChI is InChI=1S/C21H25BO4/c1-20(2)21(3,4)26-22(25-20)17(12-15-8-6-5-7-9-15)16-10-11-18-19(13-16)24-14-23-18/h5-11,13,17H,12,14H2,1-4H3/t17-/m1/s1. The average Bonchev–Trinajstić information content (AvgIpc) is 3.14. The van der Waals surface area contributed by atoms with Crippen molar-refractivity contribution in [2.24, 2.45) is 0 Å². The molecule has 1 saturated heterocycles. The van der Waals surface area contributed by atoms with Crippen LogP contribution in [0.1, 0.15) is 44.6 Å². The first-order chi connectivity index (χ1) is 12.4. The van der Waals surface area contributed by atoms with Gasteiger partial charge in [-0.15, -0.1) is 0 Å². The Labute approximate surface area is 155 Å². The maximum absolute atomic E-state index is 6.38. The lowest BCUT2D eigenvalue weighted by Gasteiger charge is -2.32. The van der Waals surface area contributed by atoms with Crippen molar-refractivity contribution in [2.75, 3.05) is 6.79 Å². The highest BCUT2D eigenvalue weighted by molar-refractivity contribution is 6.47. The topological polar surface area (TPSA) is 36.9 Å². The number of rotatable bonds is 4. The van der Waals surface area contributed by atoms with Gasteiger partial charge in [-0.05, 0) is 57.4 Å². The number of benzene rings is 2. The second-order valence-electron chi connectivity index (χ2n) is 8.03. The zero-order chi connectivity index (χ0) is 18.4. The summed E-state index contributed by atoms with van der Waals surface area (Å²) in [5.74, 6) is 1.64. The highest BCUT2D eigenvalue weighted by atomic mass is 16.7. The third-order valence-electron chi connectivity index (χ3n) is 5.72. The minimum Gasteiger partial charge on any atom is -0.454 e. The van der Waals surface area contributed by atoms with Gasteiger partial charge in [-0.1, -0.05) is 36.4 Å². The van der Waals surface area contributed by atoms with E-state index in [0.29, 0.717) is 0 Å². The van der Waals surface area contributed by atoms with Crippen molar-refractivity contribution in [3.8, 4) is 11.5 Å². The summed E-state index contributed by atoms with van der Waals surface area (Å²) in [6.07, 6.45) is 0.831. The molecule has 0 spiro atoms. The highest BCUT2D eigenvalue weighted by Crippen LogP contribution is 2.43. The van der Waals surface area contributed by atoms with Crippen molar-refractivity contribution in [3.05, 3.63) is 59.7 Å². The second-order valence-corrected chi connectivity index (χ2v) is 8.03. The fourth-order valence-electron chi connectivity index (χ4n) is 3.44. The molecule has 0 N–H and O–H groups in total. The van der Waals surface area contributed by atoms with Crippen LogP contribution in [0, 0.1) is 0 Å². The summed E-state index contributed by atoms with van der Waals surface area (Å²) in [7, 11) is -0.319. The fraction of sp³-hybridized carbons (Fsp3) is 0.429. The van der Waals surface area contributed by atoms with Gasteiger partial charge in [-0.2, -0.15) is 0 Å². The van der Waals surface area contributed by atoms with Crippen LogP contribution in [-0.4, -0.2) is 25.1 Å². The Morgan fingerprint density at radius 1 is 0.885 bits per heavy atom. The lowest BCUT2D eigenvalue weighted by molar-refractivity contribution is 0.00578. The molecule has 2 aromatic carbocycles. The van der Waals surface area contributed by atoms with Crippen LogP contribution in [0.25, 0.3) is 0 Å². The molecule has 0 unspecified atom stereocenters. The van der Waals surface area contributed by atoms with E-state index in [2.05, 4.69) is 64.1 Å². The zero-order valence-corrected chi connectivity index (χ0v) is 15.8. The van der Waals surface area contributed by atoms with Crippen LogP contribution < -0.4 is 9.47 Å². The molecule has 2 heterocycles. The Hall–Kier alpha value is -1.98. The van der Waals surface area contributed by atoms with Crippen molar-refractivity contribution >= 4 is 7.12 Å². The van der Waals surface area contributed by atoms with Gasteiger partial charge in [0.25, 0.3) is 0 Å². The van der Waals surface area contributed by atoms with Crippen LogP contribution in [0.15, 0.2) is 48.5 Å². The first-order valence-corrected chi connectivity index (χ1v) is 9.15. The second kappa shape index (κ2) is 6.32. The SMILES string of the molecule is CC1(C)OB([C@H](Cc2ccccc2)c2ccc3c(c2)OCO3)OC1(C)C. The summed E-state index contributed by atoms with van der Waals surface area (Å²) in [5, 5.41) is 0. The molecule has 0 amide bonds. The van der Waals surface area contributed by atoms with E-state index < -0.39 is 0 Å². The lowest BCUT2D eigenvalue weighted by atomic mass is 9.65. The van der Waals surface area contributed by atoms with E-state index in [4.69, 9.17) is 18.8 Å². The van der Waals surface area contributed by atoms with E-state index in [0.717, 1.165) is 23.5 Å². The third-order valence-corrected chi connectivity index (χ3v) is 5.72. The molecule has 5 heteroatoms. The van der Waals surface area contributed by atoms with Crippen LogP contribution in [-0.2, 0) is 15.7 Å². The molecule has 4 rings (SSSR count). The molecule has 2 aromatic rings. The van der Waals surface area contributed by atoms with Crippen molar-refractivity contribution in [2.45, 2.75) is 51.1 Å². The minimum atomic E-state index is -0.358. The summed E-state index contributed by atoms with van der Waals surface area (Å²) < 4.78 is 23.8. The first kappa shape index (κ1) is 17.4. The Kier molecular flexibility index (Phi) is 4.24. The molecule has 2 aliphatic rings. The van der Waals surface area contributed by atoms with E-state index >= 15 is 0 Å². The van der Waals surface area contributed by atoms with E-state index in [1.165, 1.54) is 5.56 Å². The molecule has 26 heavy (non-hydrogen) atoms. The van der Waals surface area contributed by atoms with E-state index in [-0.39, 0.29) is 30.9 Å². The van der Waals surface area contributed by atoms with E-state index in [1.54, 1.807) is 0 Å². The van der Waals surface area contributed by atoms with Crippen LogP contribution in [0.2, 0.25) is 0 Å². The molecule has 0 bridgehead atoms. The van der Waals surface area contributed by atoms with Gasteiger partial charge in [0.05, 0.1) is 11.2 Å². The number of ether oxygens (including phenoxy) is 2. The molecule has 136 valence electrons. The Bertz CT molecular complexity index is 772. The Morgan fingerprint density at radius 2 is 1.54 bits per heavy atom. The molecule has 1 atom stereocenters. The molecular weight excluding hydrogens is 327 g/mol. The van der Waals surface area contributed by atoms with E-state index in [1.807, 2.05) is 12.1 Å². The number of hydrogen-bond donors (Lipinski definition) is 0. The smallest absolute Gasteiger partial charge is 0.454 e. The van der Waals surface area contributed by atoms with Gasteiger partial charge in [-0.3, -0.25) is 0 Å². The third kappa shape index (κ3) is 3.10. The van der Waals surface area contributed by atoms with Crippen molar-refractivity contribution in [3.63, 3.8) is 0 Å². The zero-order valence-electron chi connectivity index (χ0n) is 15.8. The van der Waals surface area contributed by atoms with Crippen LogP contribution in [0.4, 0.5) is 0 Å². The largest absolute Gasteiger partial charge is 0.466 e. The normalized spacial score (nSPS) is 21.0. The number of hydrogen-bond acceptors (Lipinski definition) is 4. The molecule has 4 nitrogen and oxygen atoms in total. The number of fused-ring (bicyclic) bond motifs is 1. The highest BCUT2D eigenvalue weighted by Gasteiger charge is 2.54. The molecule has 1 fully saturated rings. The van der Waals surface area contributed by atoms with Crippen LogP contribution in [0.5, 0.6) is 11.5 Å². The van der Waals surface area contributed by atoms with E-state index in [9.17, 15) is 0 Å². The Morgan fingerprint density at radius 3 is 2.23 bits per heavy atom. The first-order valence-electron chi connectivity index (χ1n) is 9.15. The average molecular weight is 352 g/mol. The van der Waals surface area contributed by atoms with Gasteiger partial charge in [0.15, 0.2) is 11.5 Å².